The number of allylic oxidation sites excluding steroid dienone is 2. The molecule has 0 aliphatic rings. The van der Waals surface area contributed by atoms with Crippen molar-refractivity contribution in [2.24, 2.45) is 0 Å². The molecular weight excluding hydrogens is 440 g/mol. The molecule has 0 aliphatic carbocycles. The molecule has 0 spiro atoms. The molecule has 0 saturated carbocycles. The van der Waals surface area contributed by atoms with Gasteiger partial charge in [0.1, 0.15) is 11.5 Å². The van der Waals surface area contributed by atoms with Crippen LogP contribution in [0.2, 0.25) is 0 Å². The van der Waals surface area contributed by atoms with Gasteiger partial charge in [0.15, 0.2) is 12.4 Å². The Labute approximate surface area is 206 Å². The lowest BCUT2D eigenvalue weighted by molar-refractivity contribution is -0.182. The number of carbonyl (C=O) groups excluding carboxylic acids is 1. The lowest BCUT2D eigenvalue weighted by Crippen LogP contribution is -2.26. The monoisotopic (exact) mass is 470 g/mol. The number of hydrogen-bond acceptors (Lipinski definition) is 5. The predicted octanol–water partition coefficient (Wildman–Crippen LogP) is 6.81. The molecule has 3 aromatic carbocycles. The van der Waals surface area contributed by atoms with E-state index in [1.54, 1.807) is 37.3 Å². The van der Waals surface area contributed by atoms with Crippen LogP contribution in [0.15, 0.2) is 91.5 Å². The Hall–Kier alpha value is -3.93. The minimum atomic E-state index is -0.931. The first-order chi connectivity index (χ1) is 17.0. The van der Waals surface area contributed by atoms with E-state index < -0.39 is 18.4 Å². The molecule has 3 rings (SSSR count). The Morgan fingerprint density at radius 2 is 1.43 bits per heavy atom. The summed E-state index contributed by atoms with van der Waals surface area (Å²) in [5.41, 5.74) is 3.56. The highest BCUT2D eigenvalue weighted by molar-refractivity contribution is 5.79. The van der Waals surface area contributed by atoms with Gasteiger partial charge in [-0.2, -0.15) is 0 Å². The molecule has 0 aromatic heterocycles. The number of carbonyl (C=O) groups is 1. The summed E-state index contributed by atoms with van der Waals surface area (Å²) in [5, 5.41) is 9.34. The van der Waals surface area contributed by atoms with Crippen LogP contribution in [0.5, 0.6) is 11.5 Å². The molecule has 5 nitrogen and oxygen atoms in total. The first-order valence-electron chi connectivity index (χ1n) is 11.4. The molecule has 2 atom stereocenters. The van der Waals surface area contributed by atoms with E-state index in [2.05, 4.69) is 6.58 Å². The molecule has 180 valence electrons. The topological polar surface area (TPSA) is 65.0 Å². The van der Waals surface area contributed by atoms with Crippen molar-refractivity contribution >= 4 is 24.2 Å². The zero-order valence-corrected chi connectivity index (χ0v) is 20.0. The number of ether oxygens (including phenoxy) is 3. The molecule has 0 aliphatic heterocycles. The lowest BCUT2D eigenvalue weighted by Gasteiger charge is -2.21. The van der Waals surface area contributed by atoms with Crippen molar-refractivity contribution in [3.05, 3.63) is 114 Å². The summed E-state index contributed by atoms with van der Waals surface area (Å²) in [6, 6.07) is 21.6. The summed E-state index contributed by atoms with van der Waals surface area (Å²) in [5.74, 6) is 0.140. The second kappa shape index (κ2) is 13.1. The van der Waals surface area contributed by atoms with Gasteiger partial charge in [0, 0.05) is 6.61 Å². The summed E-state index contributed by atoms with van der Waals surface area (Å²) in [4.78, 5) is 13.0. The van der Waals surface area contributed by atoms with Crippen LogP contribution in [0, 0.1) is 0 Å². The van der Waals surface area contributed by atoms with Gasteiger partial charge < -0.3 is 19.3 Å². The van der Waals surface area contributed by atoms with Gasteiger partial charge in [0.2, 0.25) is 0 Å². The Morgan fingerprint density at radius 1 is 0.886 bits per heavy atom. The predicted molar refractivity (Wildman–Crippen MR) is 140 cm³/mol. The van der Waals surface area contributed by atoms with Gasteiger partial charge in [0.05, 0.1) is 0 Å². The number of phenols is 1. The maximum absolute atomic E-state index is 13.0. The molecule has 3 aromatic rings. The van der Waals surface area contributed by atoms with E-state index in [0.29, 0.717) is 17.9 Å². The van der Waals surface area contributed by atoms with Gasteiger partial charge in [-0.25, -0.2) is 4.79 Å². The second-order valence-electron chi connectivity index (χ2n) is 7.71. The molecular formula is C30H30O5. The molecule has 0 saturated heterocycles. The molecule has 35 heavy (non-hydrogen) atoms. The van der Waals surface area contributed by atoms with Gasteiger partial charge in [-0.15, -0.1) is 0 Å². The minimum absolute atomic E-state index is 0.241. The fraction of sp³-hybridized carbons (Fsp3) is 0.167. The van der Waals surface area contributed by atoms with E-state index in [0.717, 1.165) is 16.7 Å². The fourth-order valence-electron chi connectivity index (χ4n) is 3.28. The molecule has 0 fully saturated rings. The van der Waals surface area contributed by atoms with Crippen LogP contribution in [0.4, 0.5) is 0 Å². The van der Waals surface area contributed by atoms with E-state index in [1.165, 1.54) is 0 Å². The van der Waals surface area contributed by atoms with Crippen molar-refractivity contribution in [1.29, 1.82) is 0 Å². The molecule has 0 amide bonds. The van der Waals surface area contributed by atoms with Gasteiger partial charge in [-0.1, -0.05) is 85.5 Å². The van der Waals surface area contributed by atoms with E-state index in [9.17, 15) is 9.90 Å². The van der Waals surface area contributed by atoms with Gasteiger partial charge in [0.25, 0.3) is 0 Å². The van der Waals surface area contributed by atoms with Crippen molar-refractivity contribution in [2.45, 2.75) is 26.2 Å². The van der Waals surface area contributed by atoms with E-state index in [-0.39, 0.29) is 5.75 Å². The smallest absolute Gasteiger partial charge is 0.345 e. The standard InChI is InChI=1S/C30H30O5/c1-4-23-10-16-26(17-11-23)29(34-22(3)33-5-2)30(32)35-28-20-14-25(15-21-28)9-7-6-8-24-12-18-27(31)19-13-24/h4,6-22,29,31H,1,5H2,2-3H3. The molecule has 0 bridgehead atoms. The summed E-state index contributed by atoms with van der Waals surface area (Å²) in [6.45, 7) is 7.84. The SMILES string of the molecule is C=Cc1ccc(C(OC(C)OCC)C(=O)Oc2ccc(C=CC=Cc3ccc(O)cc3)cc2)cc1. The van der Waals surface area contributed by atoms with E-state index >= 15 is 0 Å². The number of esters is 1. The van der Waals surface area contributed by atoms with E-state index in [4.69, 9.17) is 14.2 Å². The molecule has 0 heterocycles. The highest BCUT2D eigenvalue weighted by atomic mass is 16.7. The largest absolute Gasteiger partial charge is 0.508 e. The Balaban J connectivity index is 1.65. The maximum Gasteiger partial charge on any atom is 0.345 e. The molecule has 1 N–H and O–H groups in total. The Kier molecular flexibility index (Phi) is 9.60. The average Bonchev–Trinajstić information content (AvgIpc) is 2.87. The van der Waals surface area contributed by atoms with Crippen molar-refractivity contribution in [3.8, 4) is 11.5 Å². The average molecular weight is 471 g/mol. The Morgan fingerprint density at radius 3 is 1.97 bits per heavy atom. The minimum Gasteiger partial charge on any atom is -0.508 e. The van der Waals surface area contributed by atoms with Crippen LogP contribution in [0.1, 0.15) is 42.2 Å². The van der Waals surface area contributed by atoms with Crippen LogP contribution < -0.4 is 4.74 Å². The maximum atomic E-state index is 13.0. The lowest BCUT2D eigenvalue weighted by atomic mass is 10.1. The van der Waals surface area contributed by atoms with Gasteiger partial charge >= 0.3 is 5.97 Å². The van der Waals surface area contributed by atoms with Crippen LogP contribution in [-0.4, -0.2) is 24.0 Å². The number of rotatable bonds is 11. The molecule has 2 unspecified atom stereocenters. The third-order valence-corrected chi connectivity index (χ3v) is 5.10. The zero-order valence-electron chi connectivity index (χ0n) is 20.0. The van der Waals surface area contributed by atoms with Crippen LogP contribution in [-0.2, 0) is 14.3 Å². The second-order valence-corrected chi connectivity index (χ2v) is 7.71. The van der Waals surface area contributed by atoms with Crippen molar-refractivity contribution < 1.29 is 24.1 Å². The van der Waals surface area contributed by atoms with Crippen LogP contribution >= 0.6 is 0 Å². The summed E-state index contributed by atoms with van der Waals surface area (Å²) in [6.07, 6.45) is 7.95. The highest BCUT2D eigenvalue weighted by Gasteiger charge is 2.26. The van der Waals surface area contributed by atoms with E-state index in [1.807, 2.05) is 79.8 Å². The quantitative estimate of drug-likeness (QED) is 0.144. The van der Waals surface area contributed by atoms with Crippen LogP contribution in [0.3, 0.4) is 0 Å². The summed E-state index contributed by atoms with van der Waals surface area (Å²) >= 11 is 0. The third-order valence-electron chi connectivity index (χ3n) is 5.10. The van der Waals surface area contributed by atoms with Crippen molar-refractivity contribution in [2.75, 3.05) is 6.61 Å². The first kappa shape index (κ1) is 25.7. The van der Waals surface area contributed by atoms with Gasteiger partial charge in [-0.05, 0) is 60.4 Å². The van der Waals surface area contributed by atoms with Gasteiger partial charge in [-0.3, -0.25) is 0 Å². The zero-order chi connectivity index (χ0) is 25.0. The normalized spacial score (nSPS) is 13.1. The number of benzene rings is 3. The molecule has 0 radical (unpaired) electrons. The fourth-order valence-corrected chi connectivity index (χ4v) is 3.28. The molecule has 5 heteroatoms. The number of hydrogen-bond donors (Lipinski definition) is 1. The third kappa shape index (κ3) is 8.10. The highest BCUT2D eigenvalue weighted by Crippen LogP contribution is 2.24. The number of aromatic hydroxyl groups is 1. The summed E-state index contributed by atoms with van der Waals surface area (Å²) < 4.78 is 16.9. The number of phenolic OH excluding ortho intramolecular Hbond substituents is 1. The summed E-state index contributed by atoms with van der Waals surface area (Å²) in [7, 11) is 0. The van der Waals surface area contributed by atoms with Crippen molar-refractivity contribution in [1.82, 2.24) is 0 Å². The first-order valence-corrected chi connectivity index (χ1v) is 11.4. The Bertz CT molecular complexity index is 1140. The van der Waals surface area contributed by atoms with Crippen LogP contribution in [0.25, 0.3) is 18.2 Å². The van der Waals surface area contributed by atoms with Crippen molar-refractivity contribution in [3.63, 3.8) is 0 Å².